The van der Waals surface area contributed by atoms with E-state index in [0.29, 0.717) is 0 Å². The number of nitrogens with two attached hydrogens (primary N) is 1. The van der Waals surface area contributed by atoms with Crippen molar-refractivity contribution in [1.29, 1.82) is 0 Å². The number of anilines is 1. The molecule has 0 amide bonds. The highest BCUT2D eigenvalue weighted by molar-refractivity contribution is 5.87. The third kappa shape index (κ3) is 1.98. The molecule has 0 atom stereocenters. The van der Waals surface area contributed by atoms with E-state index in [9.17, 15) is 0 Å². The van der Waals surface area contributed by atoms with E-state index in [-0.39, 0.29) is 0 Å². The molecular weight excluding hydrogens is 270 g/mol. The summed E-state index contributed by atoms with van der Waals surface area (Å²) in [5.41, 5.74) is 12.9. The van der Waals surface area contributed by atoms with Crippen molar-refractivity contribution in [3.63, 3.8) is 0 Å². The molecule has 0 radical (unpaired) electrons. The first-order valence-electron chi connectivity index (χ1n) is 7.53. The van der Waals surface area contributed by atoms with Crippen molar-refractivity contribution in [3.05, 3.63) is 65.5 Å². The second-order valence-electron chi connectivity index (χ2n) is 6.08. The zero-order valence-corrected chi connectivity index (χ0v) is 12.9. The van der Waals surface area contributed by atoms with Crippen LogP contribution in [-0.4, -0.2) is 9.55 Å². The topological polar surface area (TPSA) is 46.7 Å². The maximum absolute atomic E-state index is 5.85. The fraction of sp³-hybridized carbons (Fsp3) is 0.158. The van der Waals surface area contributed by atoms with E-state index in [4.69, 9.17) is 5.73 Å². The van der Waals surface area contributed by atoms with Gasteiger partial charge in [0, 0.05) is 46.4 Å². The summed E-state index contributed by atoms with van der Waals surface area (Å²) < 4.78 is 2.33. The second-order valence-corrected chi connectivity index (χ2v) is 6.08. The summed E-state index contributed by atoms with van der Waals surface area (Å²) >= 11 is 0. The Morgan fingerprint density at radius 3 is 2.73 bits per heavy atom. The molecule has 0 bridgehead atoms. The zero-order valence-electron chi connectivity index (χ0n) is 12.9. The van der Waals surface area contributed by atoms with Crippen molar-refractivity contribution in [2.45, 2.75) is 20.4 Å². The zero-order chi connectivity index (χ0) is 15.3. The van der Waals surface area contributed by atoms with Gasteiger partial charge in [0.05, 0.1) is 0 Å². The lowest BCUT2D eigenvalue weighted by Gasteiger charge is -2.05. The van der Waals surface area contributed by atoms with E-state index < -0.39 is 0 Å². The van der Waals surface area contributed by atoms with E-state index in [1.807, 2.05) is 12.1 Å². The number of fused-ring (bicyclic) bond motifs is 2. The van der Waals surface area contributed by atoms with Crippen LogP contribution in [0.5, 0.6) is 0 Å². The number of aryl methyl sites for hydroxylation is 2. The third-order valence-electron chi connectivity index (χ3n) is 4.37. The fourth-order valence-corrected chi connectivity index (χ4v) is 3.23. The van der Waals surface area contributed by atoms with Gasteiger partial charge in [0.15, 0.2) is 0 Å². The monoisotopic (exact) mass is 289 g/mol. The molecule has 0 saturated carbocycles. The molecule has 0 saturated heterocycles. The van der Waals surface area contributed by atoms with Gasteiger partial charge in [-0.2, -0.15) is 0 Å². The number of hydrogen-bond acceptors (Lipinski definition) is 1. The van der Waals surface area contributed by atoms with Crippen LogP contribution >= 0.6 is 0 Å². The predicted octanol–water partition coefficient (Wildman–Crippen LogP) is 4.37. The Hall–Kier alpha value is -2.68. The Morgan fingerprint density at radius 2 is 1.86 bits per heavy atom. The molecule has 2 heterocycles. The molecule has 2 aromatic carbocycles. The molecule has 3 N–H and O–H groups in total. The van der Waals surface area contributed by atoms with Gasteiger partial charge < -0.3 is 15.3 Å². The quantitative estimate of drug-likeness (QED) is 0.529. The number of aromatic amines is 1. The smallest absolute Gasteiger partial charge is 0.0497 e. The van der Waals surface area contributed by atoms with Crippen molar-refractivity contribution in [3.8, 4) is 0 Å². The number of nitrogens with one attached hydrogen (secondary N) is 1. The summed E-state index contributed by atoms with van der Waals surface area (Å²) in [6.07, 6.45) is 4.32. The van der Waals surface area contributed by atoms with E-state index >= 15 is 0 Å². The van der Waals surface area contributed by atoms with Gasteiger partial charge in [-0.15, -0.1) is 0 Å². The van der Waals surface area contributed by atoms with E-state index in [1.54, 1.807) is 0 Å². The van der Waals surface area contributed by atoms with Gasteiger partial charge in [-0.05, 0) is 48.7 Å². The van der Waals surface area contributed by atoms with Gasteiger partial charge in [0.25, 0.3) is 0 Å². The fourth-order valence-electron chi connectivity index (χ4n) is 3.23. The van der Waals surface area contributed by atoms with E-state index in [0.717, 1.165) is 17.7 Å². The average Bonchev–Trinajstić information content (AvgIpc) is 3.01. The van der Waals surface area contributed by atoms with Crippen LogP contribution in [0.3, 0.4) is 0 Å². The minimum absolute atomic E-state index is 0.791. The normalized spacial score (nSPS) is 11.5. The summed E-state index contributed by atoms with van der Waals surface area (Å²) in [6.45, 7) is 5.17. The highest BCUT2D eigenvalue weighted by Crippen LogP contribution is 2.26. The molecule has 4 aromatic rings. The van der Waals surface area contributed by atoms with Crippen LogP contribution < -0.4 is 5.73 Å². The van der Waals surface area contributed by atoms with Gasteiger partial charge in [-0.3, -0.25) is 0 Å². The molecule has 110 valence electrons. The molecule has 0 aliphatic rings. The summed E-state index contributed by atoms with van der Waals surface area (Å²) in [7, 11) is 0. The molecular formula is C19H19N3. The van der Waals surface area contributed by atoms with Gasteiger partial charge >= 0.3 is 0 Å². The summed E-state index contributed by atoms with van der Waals surface area (Å²) in [5.74, 6) is 0. The Balaban J connectivity index is 1.84. The number of nitrogens with zero attached hydrogens (tertiary/aromatic N) is 1. The predicted molar refractivity (Wildman–Crippen MR) is 93.2 cm³/mol. The van der Waals surface area contributed by atoms with Crippen molar-refractivity contribution in [2.75, 3.05) is 5.73 Å². The average molecular weight is 289 g/mol. The van der Waals surface area contributed by atoms with Gasteiger partial charge in [-0.25, -0.2) is 0 Å². The number of benzene rings is 2. The van der Waals surface area contributed by atoms with E-state index in [2.05, 4.69) is 60.1 Å². The van der Waals surface area contributed by atoms with Crippen molar-refractivity contribution in [2.24, 2.45) is 0 Å². The summed E-state index contributed by atoms with van der Waals surface area (Å²) in [6, 6.07) is 12.7. The lowest BCUT2D eigenvalue weighted by atomic mass is 10.1. The minimum Gasteiger partial charge on any atom is -0.399 e. The number of H-pyrrole nitrogens is 1. The van der Waals surface area contributed by atoms with E-state index in [1.165, 1.54) is 33.0 Å². The summed E-state index contributed by atoms with van der Waals surface area (Å²) in [4.78, 5) is 3.32. The molecule has 2 aromatic heterocycles. The maximum atomic E-state index is 5.85. The lowest BCUT2D eigenvalue weighted by molar-refractivity contribution is 0.839. The Bertz CT molecular complexity index is 989. The first kappa shape index (κ1) is 13.0. The first-order chi connectivity index (χ1) is 10.6. The standard InChI is InChI=1S/C19H19N3/c1-12-3-5-16-13(2)10-22(19(16)7-12)11-14-9-21-18-8-15(20)4-6-17(14)18/h3-10,21H,11,20H2,1-2H3. The Morgan fingerprint density at radius 1 is 1.05 bits per heavy atom. The third-order valence-corrected chi connectivity index (χ3v) is 4.37. The number of nitrogen functional groups attached to an aromatic ring is 1. The number of hydrogen-bond donors (Lipinski definition) is 2. The molecule has 0 spiro atoms. The molecule has 0 fully saturated rings. The Labute approximate surface area is 129 Å². The molecule has 3 nitrogen and oxygen atoms in total. The SMILES string of the molecule is Cc1ccc2c(C)cn(Cc3c[nH]c4cc(N)ccc34)c2c1. The first-order valence-corrected chi connectivity index (χ1v) is 7.53. The van der Waals surface area contributed by atoms with Crippen LogP contribution in [0.25, 0.3) is 21.8 Å². The number of aromatic nitrogens is 2. The molecule has 4 rings (SSSR count). The molecule has 0 unspecified atom stereocenters. The van der Waals surface area contributed by atoms with Crippen LogP contribution in [0.15, 0.2) is 48.8 Å². The van der Waals surface area contributed by atoms with Crippen LogP contribution in [0, 0.1) is 13.8 Å². The van der Waals surface area contributed by atoms with Gasteiger partial charge in [-0.1, -0.05) is 18.2 Å². The lowest BCUT2D eigenvalue weighted by Crippen LogP contribution is -1.97. The number of rotatable bonds is 2. The highest BCUT2D eigenvalue weighted by Gasteiger charge is 2.09. The summed E-state index contributed by atoms with van der Waals surface area (Å²) in [5, 5.41) is 2.57. The molecule has 0 aliphatic carbocycles. The van der Waals surface area contributed by atoms with Gasteiger partial charge in [0.2, 0.25) is 0 Å². The van der Waals surface area contributed by atoms with Gasteiger partial charge in [0.1, 0.15) is 0 Å². The maximum Gasteiger partial charge on any atom is 0.0497 e. The Kier molecular flexibility index (Phi) is 2.76. The van der Waals surface area contributed by atoms with Crippen molar-refractivity contribution in [1.82, 2.24) is 9.55 Å². The minimum atomic E-state index is 0.791. The largest absolute Gasteiger partial charge is 0.399 e. The second kappa shape index (κ2) is 4.67. The van der Waals surface area contributed by atoms with Crippen LogP contribution in [0.2, 0.25) is 0 Å². The van der Waals surface area contributed by atoms with Crippen molar-refractivity contribution < 1.29 is 0 Å². The molecule has 0 aliphatic heterocycles. The van der Waals surface area contributed by atoms with Crippen LogP contribution in [0.4, 0.5) is 5.69 Å². The highest BCUT2D eigenvalue weighted by atomic mass is 15.0. The molecule has 22 heavy (non-hydrogen) atoms. The van der Waals surface area contributed by atoms with Crippen LogP contribution in [-0.2, 0) is 6.54 Å². The molecule has 3 heteroatoms. The van der Waals surface area contributed by atoms with Crippen LogP contribution in [0.1, 0.15) is 16.7 Å². The van der Waals surface area contributed by atoms with Crippen molar-refractivity contribution >= 4 is 27.5 Å².